The summed E-state index contributed by atoms with van der Waals surface area (Å²) in [4.78, 5) is 17.0. The van der Waals surface area contributed by atoms with Crippen molar-refractivity contribution in [3.63, 3.8) is 0 Å². The molecule has 2 N–H and O–H groups in total. The Labute approximate surface area is 127 Å². The van der Waals surface area contributed by atoms with Crippen LogP contribution >= 0.6 is 11.8 Å². The van der Waals surface area contributed by atoms with E-state index in [2.05, 4.69) is 10.3 Å². The van der Waals surface area contributed by atoms with Crippen LogP contribution in [0.15, 0.2) is 29.6 Å². The minimum Gasteiger partial charge on any atom is -0.394 e. The number of carbonyl (C=O) groups excluding carboxylic acids is 1. The second-order valence-electron chi connectivity index (χ2n) is 5.71. The van der Waals surface area contributed by atoms with Crippen LogP contribution < -0.4 is 5.32 Å². The zero-order valence-electron chi connectivity index (χ0n) is 12.2. The van der Waals surface area contributed by atoms with Crippen LogP contribution in [0.1, 0.15) is 30.3 Å². The van der Waals surface area contributed by atoms with Crippen LogP contribution in [-0.4, -0.2) is 38.8 Å². The third kappa shape index (κ3) is 2.53. The molecule has 6 heteroatoms. The van der Waals surface area contributed by atoms with E-state index in [1.165, 1.54) is 11.8 Å². The van der Waals surface area contributed by atoms with Crippen LogP contribution in [0.5, 0.6) is 0 Å². The summed E-state index contributed by atoms with van der Waals surface area (Å²) in [5.74, 6) is 0.141. The van der Waals surface area contributed by atoms with Gasteiger partial charge in [0.1, 0.15) is 0 Å². The number of hydrogen-bond acceptors (Lipinski definition) is 4. The molecule has 1 atom stereocenters. The highest BCUT2D eigenvalue weighted by molar-refractivity contribution is 7.98. The molecule has 5 nitrogen and oxygen atoms in total. The molecule has 1 amide bonds. The van der Waals surface area contributed by atoms with E-state index in [9.17, 15) is 9.90 Å². The molecule has 21 heavy (non-hydrogen) atoms. The van der Waals surface area contributed by atoms with Crippen LogP contribution in [0.25, 0.3) is 5.52 Å². The molecule has 0 radical (unpaired) electrons. The summed E-state index contributed by atoms with van der Waals surface area (Å²) >= 11 is 1.50. The van der Waals surface area contributed by atoms with Crippen molar-refractivity contribution in [3.8, 4) is 0 Å². The first kappa shape index (κ1) is 14.4. The van der Waals surface area contributed by atoms with Crippen LogP contribution in [0.4, 0.5) is 0 Å². The summed E-state index contributed by atoms with van der Waals surface area (Å²) in [5.41, 5.74) is 0.650. The standard InChI is InChI=1S/C15H19N3O2S/c1-15(9-19,10-6-7-10)17-13(20)12-11-5-3-4-8-18(11)14(16-12)21-2/h3-5,8,10,19H,6-7,9H2,1-2H3,(H,17,20). The number of nitrogens with zero attached hydrogens (tertiary/aromatic N) is 2. The second-order valence-corrected chi connectivity index (χ2v) is 6.48. The van der Waals surface area contributed by atoms with Crippen molar-refractivity contribution >= 4 is 23.2 Å². The van der Waals surface area contributed by atoms with Gasteiger partial charge in [-0.3, -0.25) is 9.20 Å². The van der Waals surface area contributed by atoms with Gasteiger partial charge in [-0.05, 0) is 44.1 Å². The van der Waals surface area contributed by atoms with Crippen LogP contribution in [0.2, 0.25) is 0 Å². The summed E-state index contributed by atoms with van der Waals surface area (Å²) in [6, 6.07) is 5.69. The number of aromatic nitrogens is 2. The van der Waals surface area contributed by atoms with Crippen LogP contribution in [0, 0.1) is 5.92 Å². The van der Waals surface area contributed by atoms with E-state index in [4.69, 9.17) is 0 Å². The van der Waals surface area contributed by atoms with Crippen molar-refractivity contribution in [3.05, 3.63) is 30.1 Å². The predicted molar refractivity (Wildman–Crippen MR) is 82.7 cm³/mol. The monoisotopic (exact) mass is 305 g/mol. The molecule has 0 saturated heterocycles. The molecule has 0 aliphatic heterocycles. The van der Waals surface area contributed by atoms with Gasteiger partial charge in [0.2, 0.25) is 0 Å². The highest BCUT2D eigenvalue weighted by atomic mass is 32.2. The molecule has 0 aromatic carbocycles. The van der Waals surface area contributed by atoms with E-state index in [1.54, 1.807) is 0 Å². The fourth-order valence-corrected chi connectivity index (χ4v) is 3.17. The molecule has 2 heterocycles. The summed E-state index contributed by atoms with van der Waals surface area (Å²) in [5, 5.41) is 13.4. The van der Waals surface area contributed by atoms with Gasteiger partial charge in [0, 0.05) is 6.20 Å². The Kier molecular flexibility index (Phi) is 3.67. The molecular formula is C15H19N3O2S. The maximum Gasteiger partial charge on any atom is 0.272 e. The number of aliphatic hydroxyl groups is 1. The number of thioether (sulfide) groups is 1. The number of pyridine rings is 1. The fourth-order valence-electron chi connectivity index (χ4n) is 2.63. The first-order valence-electron chi connectivity index (χ1n) is 7.03. The summed E-state index contributed by atoms with van der Waals surface area (Å²) in [7, 11) is 0. The molecule has 1 unspecified atom stereocenters. The van der Waals surface area contributed by atoms with Crippen LogP contribution in [0.3, 0.4) is 0 Å². The molecule has 2 aromatic rings. The highest BCUT2D eigenvalue weighted by Gasteiger charge is 2.42. The van der Waals surface area contributed by atoms with E-state index in [1.807, 2.05) is 42.0 Å². The topological polar surface area (TPSA) is 66.6 Å². The molecule has 1 aliphatic carbocycles. The molecule has 112 valence electrons. The van der Waals surface area contributed by atoms with Crippen molar-refractivity contribution in [2.45, 2.75) is 30.5 Å². The molecule has 1 saturated carbocycles. The minimum atomic E-state index is -0.554. The first-order chi connectivity index (χ1) is 10.1. The van der Waals surface area contributed by atoms with E-state index >= 15 is 0 Å². The third-order valence-corrected chi connectivity index (χ3v) is 4.77. The summed E-state index contributed by atoms with van der Waals surface area (Å²) in [6.07, 6.45) is 5.94. The number of aliphatic hydroxyl groups excluding tert-OH is 1. The van der Waals surface area contributed by atoms with Gasteiger partial charge in [-0.15, -0.1) is 0 Å². The average Bonchev–Trinajstić information content (AvgIpc) is 3.28. The van der Waals surface area contributed by atoms with E-state index in [-0.39, 0.29) is 12.5 Å². The number of amides is 1. The Bertz CT molecular complexity index is 681. The molecule has 0 spiro atoms. The second kappa shape index (κ2) is 5.35. The van der Waals surface area contributed by atoms with Crippen molar-refractivity contribution in [1.82, 2.24) is 14.7 Å². The van der Waals surface area contributed by atoms with Crippen molar-refractivity contribution < 1.29 is 9.90 Å². The van der Waals surface area contributed by atoms with Gasteiger partial charge in [0.25, 0.3) is 5.91 Å². The Morgan fingerprint density at radius 2 is 2.33 bits per heavy atom. The Morgan fingerprint density at radius 1 is 1.57 bits per heavy atom. The maximum atomic E-state index is 12.6. The average molecular weight is 305 g/mol. The van der Waals surface area contributed by atoms with Gasteiger partial charge in [0.15, 0.2) is 10.9 Å². The Morgan fingerprint density at radius 3 is 2.95 bits per heavy atom. The highest BCUT2D eigenvalue weighted by Crippen LogP contribution is 2.39. The lowest BCUT2D eigenvalue weighted by atomic mass is 9.97. The Hall–Kier alpha value is -1.53. The van der Waals surface area contributed by atoms with Gasteiger partial charge in [0.05, 0.1) is 17.7 Å². The fraction of sp³-hybridized carbons (Fsp3) is 0.467. The van der Waals surface area contributed by atoms with Crippen LogP contribution in [-0.2, 0) is 0 Å². The number of rotatable bonds is 5. The van der Waals surface area contributed by atoms with E-state index in [0.717, 1.165) is 23.5 Å². The van der Waals surface area contributed by atoms with Gasteiger partial charge in [-0.2, -0.15) is 0 Å². The normalized spacial score (nSPS) is 17.7. The molecule has 3 rings (SSSR count). The molecular weight excluding hydrogens is 286 g/mol. The van der Waals surface area contributed by atoms with Crippen molar-refractivity contribution in [1.29, 1.82) is 0 Å². The Balaban J connectivity index is 1.94. The molecule has 1 fully saturated rings. The third-order valence-electron chi connectivity index (χ3n) is 4.12. The van der Waals surface area contributed by atoms with Gasteiger partial charge in [-0.25, -0.2) is 4.98 Å². The SMILES string of the molecule is CSc1nc(C(=O)NC(C)(CO)C2CC2)c2ccccn12. The smallest absolute Gasteiger partial charge is 0.272 e. The van der Waals surface area contributed by atoms with Gasteiger partial charge < -0.3 is 10.4 Å². The molecule has 0 bridgehead atoms. The number of carbonyl (C=O) groups is 1. The molecule has 1 aliphatic rings. The van der Waals surface area contributed by atoms with Crippen molar-refractivity contribution in [2.24, 2.45) is 5.92 Å². The number of hydrogen-bond donors (Lipinski definition) is 2. The molecule has 2 aromatic heterocycles. The maximum absolute atomic E-state index is 12.6. The zero-order valence-corrected chi connectivity index (χ0v) is 13.0. The van der Waals surface area contributed by atoms with Gasteiger partial charge >= 0.3 is 0 Å². The van der Waals surface area contributed by atoms with Gasteiger partial charge in [-0.1, -0.05) is 17.8 Å². The quantitative estimate of drug-likeness (QED) is 0.829. The largest absolute Gasteiger partial charge is 0.394 e. The first-order valence-corrected chi connectivity index (χ1v) is 8.26. The predicted octanol–water partition coefficient (Wildman–Crippen LogP) is 1.95. The number of nitrogens with one attached hydrogen (secondary N) is 1. The van der Waals surface area contributed by atoms with E-state index in [0.29, 0.717) is 11.6 Å². The lowest BCUT2D eigenvalue weighted by Gasteiger charge is -2.28. The summed E-state index contributed by atoms with van der Waals surface area (Å²) < 4.78 is 1.91. The minimum absolute atomic E-state index is 0.0510. The van der Waals surface area contributed by atoms with Crippen molar-refractivity contribution in [2.75, 3.05) is 12.9 Å². The lowest BCUT2D eigenvalue weighted by Crippen LogP contribution is -2.50. The number of fused-ring (bicyclic) bond motifs is 1. The van der Waals surface area contributed by atoms with E-state index < -0.39 is 5.54 Å². The summed E-state index contributed by atoms with van der Waals surface area (Å²) in [6.45, 7) is 1.85. The number of imidazole rings is 1. The lowest BCUT2D eigenvalue weighted by molar-refractivity contribution is 0.0821. The zero-order chi connectivity index (χ0) is 15.0.